The molecule has 0 aliphatic rings. The van der Waals surface area contributed by atoms with Gasteiger partial charge in [-0.05, 0) is 0 Å². The Morgan fingerprint density at radius 1 is 0.944 bits per heavy atom. The van der Waals surface area contributed by atoms with Crippen LogP contribution in [-0.2, 0) is 9.59 Å². The molecule has 0 aromatic heterocycles. The molecule has 0 heterocycles. The smallest absolute Gasteiger partial charge is 0.101 e. The molecule has 108 valence electrons. The van der Waals surface area contributed by atoms with Gasteiger partial charge in [0, 0.05) is 17.9 Å². The van der Waals surface area contributed by atoms with Gasteiger partial charge in [-0.15, -0.1) is 0 Å². The molecule has 0 aliphatic carbocycles. The molecule has 0 aromatic carbocycles. The summed E-state index contributed by atoms with van der Waals surface area (Å²) in [5.74, 6) is -4.76. The fraction of sp³-hybridized carbons (Fsp3) is 0.800. The highest BCUT2D eigenvalue weighted by molar-refractivity contribution is 5.90. The first-order valence-electron chi connectivity index (χ1n) is 5.48. The van der Waals surface area contributed by atoms with Crippen molar-refractivity contribution in [3.05, 3.63) is 0 Å². The Morgan fingerprint density at radius 3 is 1.33 bits per heavy atom. The maximum absolute atomic E-state index is 9.61. The predicted molar refractivity (Wildman–Crippen MR) is 56.0 cm³/mol. The summed E-state index contributed by atoms with van der Waals surface area (Å²) in [6, 6.07) is 0. The molecule has 18 heavy (non-hydrogen) atoms. The minimum atomic E-state index is -1.62. The van der Waals surface area contributed by atoms with Crippen molar-refractivity contribution in [2.75, 3.05) is 39.5 Å². The van der Waals surface area contributed by atoms with Gasteiger partial charge in [0.25, 0.3) is 0 Å². The van der Waals surface area contributed by atoms with Gasteiger partial charge in [0.2, 0.25) is 0 Å². The number of hydrogen-bond acceptors (Lipinski definition) is 7. The van der Waals surface area contributed by atoms with E-state index in [4.69, 9.17) is 15.3 Å². The minimum absolute atomic E-state index is 0.106. The third-order valence-corrected chi connectivity index (χ3v) is 2.10. The molecule has 8 heteroatoms. The highest BCUT2D eigenvalue weighted by atomic mass is 16.4. The van der Waals surface area contributed by atoms with Gasteiger partial charge in [-0.25, -0.2) is 0 Å². The highest BCUT2D eigenvalue weighted by Crippen LogP contribution is 1.86. The van der Waals surface area contributed by atoms with E-state index in [0.29, 0.717) is 19.6 Å². The molecule has 8 nitrogen and oxygen atoms in total. The van der Waals surface area contributed by atoms with Gasteiger partial charge in [0.15, 0.2) is 0 Å². The Labute approximate surface area is 105 Å². The number of nitrogens with one attached hydrogen (secondary N) is 1. The molecule has 4 N–H and O–H groups in total. The van der Waals surface area contributed by atoms with E-state index in [9.17, 15) is 19.8 Å². The Balaban J connectivity index is 0. The zero-order valence-electron chi connectivity index (χ0n) is 10.3. The summed E-state index contributed by atoms with van der Waals surface area (Å²) >= 11 is 0. The third kappa shape index (κ3) is 11.3. The Kier molecular flexibility index (Phi) is 13.0. The van der Waals surface area contributed by atoms with Crippen molar-refractivity contribution >= 4 is 11.9 Å². The summed E-state index contributed by atoms with van der Waals surface area (Å²) in [7, 11) is 0. The van der Waals surface area contributed by atoms with Gasteiger partial charge in [0.05, 0.1) is 19.8 Å². The molecule has 0 aromatic rings. The van der Waals surface area contributed by atoms with Crippen LogP contribution in [0.2, 0.25) is 0 Å². The fourth-order valence-corrected chi connectivity index (χ4v) is 0.946. The van der Waals surface area contributed by atoms with Crippen molar-refractivity contribution in [1.82, 2.24) is 0 Å². The first kappa shape index (κ1) is 19.1. The molecule has 0 unspecified atom stereocenters. The molecular weight excluding hydrogens is 246 g/mol. The van der Waals surface area contributed by atoms with Gasteiger partial charge in [-0.3, -0.25) is 0 Å². The number of aliphatic hydroxyl groups is 3. The van der Waals surface area contributed by atoms with Crippen molar-refractivity contribution in [3.8, 4) is 0 Å². The van der Waals surface area contributed by atoms with Gasteiger partial charge < -0.3 is 40.0 Å². The number of hydrogen-bond donors (Lipinski definition) is 4. The van der Waals surface area contributed by atoms with Gasteiger partial charge >= 0.3 is 0 Å². The lowest BCUT2D eigenvalue weighted by Crippen LogP contribution is -3.13. The quantitative estimate of drug-likeness (QED) is 0.320. The summed E-state index contributed by atoms with van der Waals surface area (Å²) < 4.78 is 0. The average Bonchev–Trinajstić information content (AvgIpc) is 2.29. The van der Waals surface area contributed by atoms with Crippen LogP contribution in [0.5, 0.6) is 0 Å². The summed E-state index contributed by atoms with van der Waals surface area (Å²) in [6.45, 7) is 3.11. The van der Waals surface area contributed by atoms with E-state index < -0.39 is 17.9 Å². The molecule has 0 fully saturated rings. The van der Waals surface area contributed by atoms with E-state index in [0.717, 1.165) is 11.8 Å². The number of carbonyl (C=O) groups excluding carboxylic acids is 2. The molecular formula is C10H20NO7-. The van der Waals surface area contributed by atoms with Crippen LogP contribution in [0.4, 0.5) is 0 Å². The number of rotatable bonds is 8. The predicted octanol–water partition coefficient (Wildman–Crippen LogP) is -6.03. The summed E-state index contributed by atoms with van der Waals surface area (Å²) in [5.41, 5.74) is 0. The molecule has 0 saturated carbocycles. The lowest BCUT2D eigenvalue weighted by atomic mass is 10.2. The SMILES string of the molecule is CC(C(=O)[O-])C(=O)[O-].OCC[NH+](CCO)CCO. The first-order valence-corrected chi connectivity index (χ1v) is 5.48. The molecule has 0 spiro atoms. The van der Waals surface area contributed by atoms with E-state index in [1.807, 2.05) is 0 Å². The number of aliphatic carboxylic acids is 2. The van der Waals surface area contributed by atoms with E-state index in [2.05, 4.69) is 0 Å². The number of carboxylic acid groups (broad SMARTS) is 2. The standard InChI is InChI=1S/C6H15NO3.C4H6O4/c8-4-1-7(2-5-9)3-6-10;1-2(3(5)6)4(7)8/h8-10H,1-6H2;2H,1H3,(H,5,6)(H,7,8)/p-1. The molecule has 0 aliphatic heterocycles. The number of quaternary nitrogens is 1. The topological polar surface area (TPSA) is 145 Å². The van der Waals surface area contributed by atoms with Crippen molar-refractivity contribution in [2.45, 2.75) is 6.92 Å². The maximum atomic E-state index is 9.61. The number of carbonyl (C=O) groups is 2. The Morgan fingerprint density at radius 2 is 1.22 bits per heavy atom. The van der Waals surface area contributed by atoms with Crippen LogP contribution in [0.1, 0.15) is 6.92 Å². The largest absolute Gasteiger partial charge is 0.549 e. The number of carboxylic acids is 2. The van der Waals surface area contributed by atoms with Gasteiger partial charge in [-0.1, -0.05) is 6.92 Å². The second kappa shape index (κ2) is 12.2. The van der Waals surface area contributed by atoms with E-state index in [1.54, 1.807) is 0 Å². The molecule has 0 bridgehead atoms. The highest BCUT2D eigenvalue weighted by Gasteiger charge is 2.04. The van der Waals surface area contributed by atoms with Crippen molar-refractivity contribution in [2.24, 2.45) is 5.92 Å². The maximum Gasteiger partial charge on any atom is 0.101 e. The third-order valence-electron chi connectivity index (χ3n) is 2.10. The zero-order chi connectivity index (χ0) is 14.6. The second-order valence-electron chi connectivity index (χ2n) is 3.53. The zero-order valence-corrected chi connectivity index (χ0v) is 10.3. The molecule has 0 rings (SSSR count). The number of aliphatic hydroxyl groups excluding tert-OH is 3. The molecule has 0 radical (unpaired) electrons. The monoisotopic (exact) mass is 266 g/mol. The van der Waals surface area contributed by atoms with Crippen LogP contribution in [0.15, 0.2) is 0 Å². The summed E-state index contributed by atoms with van der Waals surface area (Å²) in [6.07, 6.45) is 0. The van der Waals surface area contributed by atoms with E-state index in [1.165, 1.54) is 0 Å². The van der Waals surface area contributed by atoms with Crippen LogP contribution >= 0.6 is 0 Å². The van der Waals surface area contributed by atoms with Gasteiger partial charge in [0.1, 0.15) is 19.6 Å². The van der Waals surface area contributed by atoms with E-state index in [-0.39, 0.29) is 19.8 Å². The lowest BCUT2D eigenvalue weighted by Gasteiger charge is -2.15. The van der Waals surface area contributed by atoms with Crippen molar-refractivity contribution in [1.29, 1.82) is 0 Å². The summed E-state index contributed by atoms with van der Waals surface area (Å²) in [4.78, 5) is 20.3. The van der Waals surface area contributed by atoms with Crippen LogP contribution in [0.3, 0.4) is 0 Å². The second-order valence-corrected chi connectivity index (χ2v) is 3.53. The molecule has 0 saturated heterocycles. The van der Waals surface area contributed by atoms with Crippen molar-refractivity contribution < 1.29 is 40.0 Å². The van der Waals surface area contributed by atoms with E-state index >= 15 is 0 Å². The minimum Gasteiger partial charge on any atom is -0.549 e. The van der Waals surface area contributed by atoms with Crippen molar-refractivity contribution in [3.63, 3.8) is 0 Å². The average molecular weight is 266 g/mol. The lowest BCUT2D eigenvalue weighted by molar-refractivity contribution is -0.901. The van der Waals surface area contributed by atoms with Crippen LogP contribution in [-0.4, -0.2) is 66.7 Å². The molecule has 0 atom stereocenters. The van der Waals surface area contributed by atoms with Crippen LogP contribution < -0.4 is 15.1 Å². The fourth-order valence-electron chi connectivity index (χ4n) is 0.946. The Hall–Kier alpha value is -1.22. The first-order chi connectivity index (χ1) is 8.40. The van der Waals surface area contributed by atoms with Gasteiger partial charge in [-0.2, -0.15) is 0 Å². The Bertz CT molecular complexity index is 206. The van der Waals surface area contributed by atoms with Crippen LogP contribution in [0.25, 0.3) is 0 Å². The van der Waals surface area contributed by atoms with Crippen LogP contribution in [0, 0.1) is 5.92 Å². The normalized spacial score (nSPS) is 10.1. The molecule has 0 amide bonds. The summed E-state index contributed by atoms with van der Waals surface area (Å²) in [5, 5.41) is 44.7.